The lowest BCUT2D eigenvalue weighted by Crippen LogP contribution is -2.53. The van der Waals surface area contributed by atoms with Gasteiger partial charge in [0, 0.05) is 18.8 Å². The number of hydrogen-bond donors (Lipinski definition) is 3. The number of anilines is 2. The fourth-order valence-electron chi connectivity index (χ4n) is 2.83. The Hall–Kier alpha value is -1.40. The SMILES string of the molecule is NNc1nccc(NC2CN3CCC2CC3)n1. The summed E-state index contributed by atoms with van der Waals surface area (Å²) in [5, 5.41) is 3.50. The predicted molar refractivity (Wildman–Crippen MR) is 66.4 cm³/mol. The van der Waals surface area contributed by atoms with Crippen molar-refractivity contribution in [2.75, 3.05) is 30.4 Å². The normalized spacial score (nSPS) is 31.2. The highest BCUT2D eigenvalue weighted by Crippen LogP contribution is 2.29. The summed E-state index contributed by atoms with van der Waals surface area (Å²) >= 11 is 0. The highest BCUT2D eigenvalue weighted by molar-refractivity contribution is 5.40. The molecule has 3 aliphatic rings. The van der Waals surface area contributed by atoms with E-state index in [2.05, 4.69) is 25.6 Å². The molecule has 6 nitrogen and oxygen atoms in total. The zero-order valence-corrected chi connectivity index (χ0v) is 9.76. The molecule has 6 heteroatoms. The number of aromatic nitrogens is 2. The van der Waals surface area contributed by atoms with Crippen LogP contribution in [0.1, 0.15) is 12.8 Å². The third kappa shape index (κ3) is 2.18. The number of nitrogens with one attached hydrogen (secondary N) is 2. The molecule has 4 N–H and O–H groups in total. The minimum absolute atomic E-state index is 0.455. The van der Waals surface area contributed by atoms with Crippen molar-refractivity contribution < 1.29 is 0 Å². The summed E-state index contributed by atoms with van der Waals surface area (Å²) in [6.07, 6.45) is 4.31. The molecule has 2 bridgehead atoms. The van der Waals surface area contributed by atoms with E-state index in [1.807, 2.05) is 6.07 Å². The third-order valence-corrected chi connectivity index (χ3v) is 3.77. The van der Waals surface area contributed by atoms with E-state index >= 15 is 0 Å². The van der Waals surface area contributed by atoms with E-state index in [1.165, 1.54) is 25.9 Å². The van der Waals surface area contributed by atoms with Crippen molar-refractivity contribution in [3.8, 4) is 0 Å². The fraction of sp³-hybridized carbons (Fsp3) is 0.636. The molecular formula is C11H18N6. The molecule has 1 unspecified atom stereocenters. The number of hydrazine groups is 1. The first-order chi connectivity index (χ1) is 8.35. The van der Waals surface area contributed by atoms with Gasteiger partial charge in [-0.25, -0.2) is 10.8 Å². The summed E-state index contributed by atoms with van der Waals surface area (Å²) < 4.78 is 0. The minimum atomic E-state index is 0.455. The van der Waals surface area contributed by atoms with Crippen LogP contribution in [0.25, 0.3) is 0 Å². The average molecular weight is 234 g/mol. The molecule has 0 radical (unpaired) electrons. The van der Waals surface area contributed by atoms with Crippen LogP contribution in [0.5, 0.6) is 0 Å². The lowest BCUT2D eigenvalue weighted by atomic mass is 9.84. The van der Waals surface area contributed by atoms with Crippen LogP contribution in [0.2, 0.25) is 0 Å². The van der Waals surface area contributed by atoms with Crippen LogP contribution >= 0.6 is 0 Å². The number of fused-ring (bicyclic) bond motifs is 3. The van der Waals surface area contributed by atoms with Crippen LogP contribution in [0.15, 0.2) is 12.3 Å². The van der Waals surface area contributed by atoms with E-state index in [9.17, 15) is 0 Å². The molecule has 3 fully saturated rings. The Morgan fingerprint density at radius 1 is 1.35 bits per heavy atom. The second kappa shape index (κ2) is 4.46. The number of nitrogen functional groups attached to an aromatic ring is 1. The lowest BCUT2D eigenvalue weighted by Gasteiger charge is -2.45. The van der Waals surface area contributed by atoms with Gasteiger partial charge in [0.1, 0.15) is 5.82 Å². The predicted octanol–water partition coefficient (Wildman–Crippen LogP) is 0.268. The van der Waals surface area contributed by atoms with Crippen molar-refractivity contribution in [2.24, 2.45) is 11.8 Å². The Labute approximate surface area is 101 Å². The zero-order valence-electron chi connectivity index (χ0n) is 9.76. The van der Waals surface area contributed by atoms with Crippen LogP contribution in [0.4, 0.5) is 11.8 Å². The number of rotatable bonds is 3. The quantitative estimate of drug-likeness (QED) is 0.514. The van der Waals surface area contributed by atoms with Crippen molar-refractivity contribution >= 4 is 11.8 Å². The highest BCUT2D eigenvalue weighted by Gasteiger charge is 2.34. The molecule has 4 heterocycles. The van der Waals surface area contributed by atoms with Gasteiger partial charge in [0.05, 0.1) is 0 Å². The molecule has 0 aliphatic carbocycles. The zero-order chi connectivity index (χ0) is 11.7. The van der Waals surface area contributed by atoms with E-state index in [4.69, 9.17) is 5.84 Å². The van der Waals surface area contributed by atoms with Gasteiger partial charge in [0.25, 0.3) is 0 Å². The van der Waals surface area contributed by atoms with Gasteiger partial charge in [-0.05, 0) is 37.9 Å². The molecule has 0 amide bonds. The van der Waals surface area contributed by atoms with Crippen molar-refractivity contribution in [1.82, 2.24) is 14.9 Å². The van der Waals surface area contributed by atoms with Gasteiger partial charge in [0.15, 0.2) is 0 Å². The summed E-state index contributed by atoms with van der Waals surface area (Å²) in [4.78, 5) is 10.8. The van der Waals surface area contributed by atoms with Gasteiger partial charge < -0.3 is 10.2 Å². The van der Waals surface area contributed by atoms with E-state index in [0.29, 0.717) is 12.0 Å². The molecule has 17 heavy (non-hydrogen) atoms. The Morgan fingerprint density at radius 2 is 2.18 bits per heavy atom. The first-order valence-corrected chi connectivity index (χ1v) is 6.14. The van der Waals surface area contributed by atoms with E-state index in [0.717, 1.165) is 18.3 Å². The van der Waals surface area contributed by atoms with Crippen LogP contribution in [-0.2, 0) is 0 Å². The summed E-state index contributed by atoms with van der Waals surface area (Å²) in [6, 6.07) is 2.40. The maximum Gasteiger partial charge on any atom is 0.239 e. The van der Waals surface area contributed by atoms with Crippen LogP contribution < -0.4 is 16.6 Å². The second-order valence-corrected chi connectivity index (χ2v) is 4.80. The van der Waals surface area contributed by atoms with Crippen LogP contribution in [0, 0.1) is 5.92 Å². The van der Waals surface area contributed by atoms with Crippen molar-refractivity contribution in [1.29, 1.82) is 0 Å². The van der Waals surface area contributed by atoms with Gasteiger partial charge in [0.2, 0.25) is 5.95 Å². The standard InChI is InChI=1S/C11H18N6/c12-16-11-13-4-1-10(15-11)14-9-7-17-5-2-8(9)3-6-17/h1,4,8-9H,2-3,5-7,12H2,(H2,13,14,15,16). The maximum atomic E-state index is 5.30. The number of nitrogens with two attached hydrogens (primary N) is 1. The Morgan fingerprint density at radius 3 is 2.82 bits per heavy atom. The maximum absolute atomic E-state index is 5.30. The van der Waals surface area contributed by atoms with Gasteiger partial charge in [-0.3, -0.25) is 5.43 Å². The van der Waals surface area contributed by atoms with Crippen LogP contribution in [0.3, 0.4) is 0 Å². The monoisotopic (exact) mass is 234 g/mol. The summed E-state index contributed by atoms with van der Waals surface area (Å²) in [5.41, 5.74) is 2.47. The average Bonchev–Trinajstić information content (AvgIpc) is 2.40. The molecule has 0 spiro atoms. The first kappa shape index (κ1) is 10.7. The van der Waals surface area contributed by atoms with Crippen molar-refractivity contribution in [3.05, 3.63) is 12.3 Å². The smallest absolute Gasteiger partial charge is 0.239 e. The summed E-state index contributed by atoms with van der Waals surface area (Å²) in [6.45, 7) is 3.63. The number of nitrogens with zero attached hydrogens (tertiary/aromatic N) is 3. The van der Waals surface area contributed by atoms with Gasteiger partial charge in [-0.1, -0.05) is 0 Å². The van der Waals surface area contributed by atoms with E-state index in [-0.39, 0.29) is 0 Å². The van der Waals surface area contributed by atoms with Crippen molar-refractivity contribution in [2.45, 2.75) is 18.9 Å². The molecule has 0 saturated carbocycles. The highest BCUT2D eigenvalue weighted by atomic mass is 15.3. The first-order valence-electron chi connectivity index (χ1n) is 6.14. The lowest BCUT2D eigenvalue weighted by molar-refractivity contribution is 0.0974. The summed E-state index contributed by atoms with van der Waals surface area (Å²) in [7, 11) is 0. The fourth-order valence-corrected chi connectivity index (χ4v) is 2.83. The molecule has 1 aromatic heterocycles. The molecule has 3 saturated heterocycles. The van der Waals surface area contributed by atoms with Gasteiger partial charge >= 0.3 is 0 Å². The third-order valence-electron chi connectivity index (χ3n) is 3.77. The summed E-state index contributed by atoms with van der Waals surface area (Å²) in [5.74, 6) is 7.39. The molecule has 92 valence electrons. The van der Waals surface area contributed by atoms with E-state index in [1.54, 1.807) is 6.20 Å². The second-order valence-electron chi connectivity index (χ2n) is 4.80. The molecule has 3 aliphatic heterocycles. The van der Waals surface area contributed by atoms with Gasteiger partial charge in [-0.2, -0.15) is 4.98 Å². The molecule has 1 aromatic rings. The topological polar surface area (TPSA) is 79.1 Å². The largest absolute Gasteiger partial charge is 0.366 e. The molecular weight excluding hydrogens is 216 g/mol. The molecule has 0 aromatic carbocycles. The van der Waals surface area contributed by atoms with Crippen molar-refractivity contribution in [3.63, 3.8) is 0 Å². The minimum Gasteiger partial charge on any atom is -0.366 e. The molecule has 4 rings (SSSR count). The van der Waals surface area contributed by atoms with Crippen LogP contribution in [-0.4, -0.2) is 40.5 Å². The molecule has 1 atom stereocenters. The Kier molecular flexibility index (Phi) is 2.82. The number of piperidine rings is 3. The van der Waals surface area contributed by atoms with Gasteiger partial charge in [-0.15, -0.1) is 0 Å². The Bertz CT molecular complexity index is 387. The van der Waals surface area contributed by atoms with E-state index < -0.39 is 0 Å². The Balaban J connectivity index is 1.70. The number of hydrogen-bond acceptors (Lipinski definition) is 6.